The van der Waals surface area contributed by atoms with Crippen molar-refractivity contribution < 1.29 is 9.59 Å². The Labute approximate surface area is 179 Å². The molecule has 1 aliphatic rings. The molecule has 1 aliphatic heterocycles. The Balaban J connectivity index is 1.41. The Kier molecular flexibility index (Phi) is 8.24. The van der Waals surface area contributed by atoms with E-state index in [0.717, 1.165) is 57.7 Å². The fraction of sp³-hybridized carbons (Fsp3) is 0.458. The second kappa shape index (κ2) is 11.3. The summed E-state index contributed by atoms with van der Waals surface area (Å²) in [5, 5.41) is 2.97. The number of rotatable bonds is 9. The number of unbranched alkanes of at least 4 members (excludes halogenated alkanes) is 1. The van der Waals surface area contributed by atoms with E-state index in [1.807, 2.05) is 35.2 Å². The predicted octanol–water partition coefficient (Wildman–Crippen LogP) is 3.28. The minimum absolute atomic E-state index is 0.0894. The van der Waals surface area contributed by atoms with Crippen LogP contribution in [-0.2, 0) is 11.2 Å². The highest BCUT2D eigenvalue weighted by molar-refractivity contribution is 5.94. The molecule has 6 heteroatoms. The smallest absolute Gasteiger partial charge is 0.252 e. The van der Waals surface area contributed by atoms with Crippen molar-refractivity contribution in [1.29, 1.82) is 0 Å². The van der Waals surface area contributed by atoms with Crippen molar-refractivity contribution in [3.8, 4) is 0 Å². The van der Waals surface area contributed by atoms with Crippen LogP contribution in [-0.4, -0.2) is 54.4 Å². The van der Waals surface area contributed by atoms with Crippen LogP contribution in [0.4, 0.5) is 5.82 Å². The maximum atomic E-state index is 12.3. The number of hydrogen-bond donors (Lipinski definition) is 1. The molecule has 0 radical (unpaired) electrons. The number of nitrogens with zero attached hydrogens (tertiary/aromatic N) is 3. The van der Waals surface area contributed by atoms with Crippen molar-refractivity contribution in [3.63, 3.8) is 0 Å². The number of carbonyl (C=O) groups excluding carboxylic acids is 2. The molecule has 0 unspecified atom stereocenters. The maximum absolute atomic E-state index is 12.3. The van der Waals surface area contributed by atoms with Crippen LogP contribution in [0, 0.1) is 0 Å². The molecule has 1 N–H and O–H groups in total. The van der Waals surface area contributed by atoms with Gasteiger partial charge >= 0.3 is 0 Å². The summed E-state index contributed by atoms with van der Waals surface area (Å²) in [7, 11) is 0. The zero-order valence-corrected chi connectivity index (χ0v) is 17.8. The Morgan fingerprint density at radius 1 is 1.00 bits per heavy atom. The highest BCUT2D eigenvalue weighted by Crippen LogP contribution is 2.15. The molecule has 0 bridgehead atoms. The van der Waals surface area contributed by atoms with Gasteiger partial charge in [-0.05, 0) is 37.0 Å². The van der Waals surface area contributed by atoms with E-state index in [1.54, 1.807) is 6.20 Å². The normalized spacial score (nSPS) is 13.9. The van der Waals surface area contributed by atoms with Gasteiger partial charge in [-0.3, -0.25) is 9.59 Å². The lowest BCUT2D eigenvalue weighted by Crippen LogP contribution is -2.49. The number of amides is 2. The van der Waals surface area contributed by atoms with Gasteiger partial charge in [0.15, 0.2) is 0 Å². The molecule has 0 saturated carbocycles. The van der Waals surface area contributed by atoms with E-state index in [0.29, 0.717) is 18.5 Å². The highest BCUT2D eigenvalue weighted by Gasteiger charge is 2.21. The van der Waals surface area contributed by atoms with E-state index in [1.165, 1.54) is 5.56 Å². The molecule has 2 aromatic rings. The van der Waals surface area contributed by atoms with Gasteiger partial charge in [0.25, 0.3) is 5.91 Å². The van der Waals surface area contributed by atoms with E-state index in [-0.39, 0.29) is 11.8 Å². The van der Waals surface area contributed by atoms with Gasteiger partial charge in [-0.25, -0.2) is 4.98 Å². The van der Waals surface area contributed by atoms with E-state index in [4.69, 9.17) is 0 Å². The zero-order chi connectivity index (χ0) is 21.2. The van der Waals surface area contributed by atoms with Crippen LogP contribution in [0.2, 0.25) is 0 Å². The van der Waals surface area contributed by atoms with E-state index >= 15 is 0 Å². The number of hydrogen-bond acceptors (Lipinski definition) is 4. The number of aromatic nitrogens is 1. The first-order chi connectivity index (χ1) is 14.7. The summed E-state index contributed by atoms with van der Waals surface area (Å²) in [4.78, 5) is 33.1. The maximum Gasteiger partial charge on any atom is 0.252 e. The first kappa shape index (κ1) is 21.8. The highest BCUT2D eigenvalue weighted by atomic mass is 16.2. The van der Waals surface area contributed by atoms with Gasteiger partial charge in [0.2, 0.25) is 5.91 Å². The SMILES string of the molecule is CCCCC(=O)N1CCN(c2ccc(C(=O)NCCCc3ccccc3)cn2)CC1. The monoisotopic (exact) mass is 408 g/mol. The van der Waals surface area contributed by atoms with Crippen LogP contribution >= 0.6 is 0 Å². The molecular weight excluding hydrogens is 376 g/mol. The topological polar surface area (TPSA) is 65.5 Å². The summed E-state index contributed by atoms with van der Waals surface area (Å²) in [5.74, 6) is 1.02. The number of pyridine rings is 1. The summed E-state index contributed by atoms with van der Waals surface area (Å²) < 4.78 is 0. The third-order valence-corrected chi connectivity index (χ3v) is 5.48. The average Bonchev–Trinajstić information content (AvgIpc) is 2.81. The van der Waals surface area contributed by atoms with Crippen LogP contribution in [0.1, 0.15) is 48.5 Å². The lowest BCUT2D eigenvalue weighted by atomic mass is 10.1. The van der Waals surface area contributed by atoms with Gasteiger partial charge < -0.3 is 15.1 Å². The molecule has 0 spiro atoms. The molecule has 30 heavy (non-hydrogen) atoms. The van der Waals surface area contributed by atoms with E-state index < -0.39 is 0 Å². The number of carbonyl (C=O) groups is 2. The molecule has 2 amide bonds. The summed E-state index contributed by atoms with van der Waals surface area (Å²) in [6.07, 6.45) is 6.14. The summed E-state index contributed by atoms with van der Waals surface area (Å²) in [6.45, 7) is 5.75. The quantitative estimate of drug-likeness (QED) is 0.647. The zero-order valence-electron chi connectivity index (χ0n) is 17.8. The Morgan fingerprint density at radius 2 is 1.77 bits per heavy atom. The number of aryl methyl sites for hydroxylation is 1. The van der Waals surface area contributed by atoms with Crippen LogP contribution in [0.5, 0.6) is 0 Å². The molecule has 2 heterocycles. The van der Waals surface area contributed by atoms with E-state index in [2.05, 4.69) is 34.3 Å². The van der Waals surface area contributed by atoms with Crippen molar-refractivity contribution in [3.05, 3.63) is 59.8 Å². The number of nitrogens with one attached hydrogen (secondary N) is 1. The van der Waals surface area contributed by atoms with Gasteiger partial charge in [-0.1, -0.05) is 43.7 Å². The molecule has 1 saturated heterocycles. The van der Waals surface area contributed by atoms with Crippen LogP contribution < -0.4 is 10.2 Å². The molecule has 3 rings (SSSR count). The standard InChI is InChI=1S/C24H32N4O2/c1-2-3-11-23(29)28-17-15-27(16-18-28)22-13-12-21(19-26-22)24(30)25-14-7-10-20-8-5-4-6-9-20/h4-6,8-9,12-13,19H,2-3,7,10-11,14-18H2,1H3,(H,25,30). The summed E-state index contributed by atoms with van der Waals surface area (Å²) in [6, 6.07) is 14.0. The van der Waals surface area contributed by atoms with Gasteiger partial charge in [-0.2, -0.15) is 0 Å². The first-order valence-corrected chi connectivity index (χ1v) is 11.0. The summed E-state index contributed by atoms with van der Waals surface area (Å²) in [5.41, 5.74) is 1.86. The van der Waals surface area contributed by atoms with Gasteiger partial charge in [-0.15, -0.1) is 0 Å². The molecule has 0 atom stereocenters. The predicted molar refractivity (Wildman–Crippen MR) is 120 cm³/mol. The largest absolute Gasteiger partial charge is 0.353 e. The molecule has 1 aromatic heterocycles. The minimum Gasteiger partial charge on any atom is -0.353 e. The number of piperazine rings is 1. The Bertz CT molecular complexity index is 800. The fourth-order valence-electron chi connectivity index (χ4n) is 3.62. The Morgan fingerprint density at radius 3 is 2.43 bits per heavy atom. The second-order valence-electron chi connectivity index (χ2n) is 7.72. The molecule has 160 valence electrons. The number of benzene rings is 1. The van der Waals surface area contributed by atoms with Gasteiger partial charge in [0.1, 0.15) is 5.82 Å². The van der Waals surface area contributed by atoms with Crippen molar-refractivity contribution >= 4 is 17.6 Å². The molecule has 1 aromatic carbocycles. The lowest BCUT2D eigenvalue weighted by molar-refractivity contribution is -0.131. The first-order valence-electron chi connectivity index (χ1n) is 11.0. The molecular formula is C24H32N4O2. The third-order valence-electron chi connectivity index (χ3n) is 5.48. The van der Waals surface area contributed by atoms with Crippen molar-refractivity contribution in [2.45, 2.75) is 39.0 Å². The van der Waals surface area contributed by atoms with E-state index in [9.17, 15) is 9.59 Å². The van der Waals surface area contributed by atoms with Gasteiger partial charge in [0, 0.05) is 45.3 Å². The average molecular weight is 409 g/mol. The third kappa shape index (κ3) is 6.31. The lowest BCUT2D eigenvalue weighted by Gasteiger charge is -2.35. The van der Waals surface area contributed by atoms with Crippen molar-refractivity contribution in [2.24, 2.45) is 0 Å². The fourth-order valence-corrected chi connectivity index (χ4v) is 3.62. The molecule has 6 nitrogen and oxygen atoms in total. The Hall–Kier alpha value is -2.89. The second-order valence-corrected chi connectivity index (χ2v) is 7.72. The van der Waals surface area contributed by atoms with Gasteiger partial charge in [0.05, 0.1) is 5.56 Å². The van der Waals surface area contributed by atoms with Crippen LogP contribution in [0.25, 0.3) is 0 Å². The van der Waals surface area contributed by atoms with Crippen LogP contribution in [0.3, 0.4) is 0 Å². The minimum atomic E-state index is -0.0894. The molecule has 1 fully saturated rings. The van der Waals surface area contributed by atoms with Crippen molar-refractivity contribution in [2.75, 3.05) is 37.6 Å². The van der Waals surface area contributed by atoms with Crippen LogP contribution in [0.15, 0.2) is 48.7 Å². The van der Waals surface area contributed by atoms with Crippen molar-refractivity contribution in [1.82, 2.24) is 15.2 Å². The molecule has 0 aliphatic carbocycles. The summed E-state index contributed by atoms with van der Waals surface area (Å²) >= 11 is 0. The number of anilines is 1.